The zero-order valence-electron chi connectivity index (χ0n) is 13.7. The number of aryl methyl sites for hydroxylation is 1. The number of aromatic nitrogens is 5. The largest absolute Gasteiger partial charge is 0.350 e. The average molecular weight is 326 g/mol. The number of hydrogen-bond acceptors (Lipinski definition) is 5. The van der Waals surface area contributed by atoms with Gasteiger partial charge in [0.1, 0.15) is 13.7 Å². The molecule has 0 unspecified atom stereocenters. The van der Waals surface area contributed by atoms with E-state index >= 15 is 0 Å². The molecule has 2 radical (unpaired) electrons. The van der Waals surface area contributed by atoms with Crippen molar-refractivity contribution in [2.24, 2.45) is 0 Å². The van der Waals surface area contributed by atoms with E-state index in [1.165, 1.54) is 0 Å². The Morgan fingerprint density at radius 3 is 2.68 bits per heavy atom. The minimum atomic E-state index is 0.535. The number of rotatable bonds is 4. The molecule has 3 heterocycles. The Kier molecular flexibility index (Phi) is 3.89. The van der Waals surface area contributed by atoms with Crippen LogP contribution in [0.5, 0.6) is 0 Å². The highest BCUT2D eigenvalue weighted by Crippen LogP contribution is 2.17. The van der Waals surface area contributed by atoms with Gasteiger partial charge in [-0.05, 0) is 30.1 Å². The van der Waals surface area contributed by atoms with Gasteiger partial charge >= 0.3 is 0 Å². The molecular formula is C18H15BN6. The zero-order valence-corrected chi connectivity index (χ0v) is 13.7. The normalized spacial score (nSPS) is 10.9. The van der Waals surface area contributed by atoms with Gasteiger partial charge in [0.2, 0.25) is 5.95 Å². The highest BCUT2D eigenvalue weighted by molar-refractivity contribution is 6.36. The van der Waals surface area contributed by atoms with Gasteiger partial charge in [-0.3, -0.25) is 4.98 Å². The Morgan fingerprint density at radius 1 is 1.08 bits per heavy atom. The highest BCUT2D eigenvalue weighted by Gasteiger charge is 2.08. The summed E-state index contributed by atoms with van der Waals surface area (Å²) in [5.41, 5.74) is 4.32. The third-order valence-corrected chi connectivity index (χ3v) is 3.87. The third kappa shape index (κ3) is 3.08. The number of anilines is 1. The molecule has 120 valence electrons. The molecular weight excluding hydrogens is 311 g/mol. The molecule has 4 aromatic rings. The summed E-state index contributed by atoms with van der Waals surface area (Å²) in [6, 6.07) is 14.2. The van der Waals surface area contributed by atoms with Crippen LogP contribution < -0.4 is 10.8 Å². The van der Waals surface area contributed by atoms with Crippen molar-refractivity contribution in [3.63, 3.8) is 0 Å². The Hall–Kier alpha value is -3.22. The SMILES string of the molecule is [B]c1cnn2c(NCc3ccc(-c4ccccn4)cc3)nc(C)nc12. The van der Waals surface area contributed by atoms with Crippen molar-refractivity contribution in [1.29, 1.82) is 0 Å². The van der Waals surface area contributed by atoms with Gasteiger partial charge in [-0.1, -0.05) is 30.3 Å². The molecule has 0 aliphatic heterocycles. The fourth-order valence-corrected chi connectivity index (χ4v) is 2.62. The number of hydrogen-bond donors (Lipinski definition) is 1. The molecule has 0 spiro atoms. The molecule has 0 saturated carbocycles. The molecule has 1 aromatic carbocycles. The van der Waals surface area contributed by atoms with Gasteiger partial charge in [0.25, 0.3) is 0 Å². The van der Waals surface area contributed by atoms with Gasteiger partial charge in [0.15, 0.2) is 5.65 Å². The van der Waals surface area contributed by atoms with Crippen LogP contribution in [0.1, 0.15) is 11.4 Å². The van der Waals surface area contributed by atoms with E-state index in [1.54, 1.807) is 16.9 Å². The highest BCUT2D eigenvalue weighted by atomic mass is 15.3. The van der Waals surface area contributed by atoms with Crippen LogP contribution in [0.15, 0.2) is 54.9 Å². The quantitative estimate of drug-likeness (QED) is 0.580. The number of fused-ring (bicyclic) bond motifs is 1. The minimum Gasteiger partial charge on any atom is -0.350 e. The second-order valence-corrected chi connectivity index (χ2v) is 5.70. The number of pyridine rings is 1. The summed E-state index contributed by atoms with van der Waals surface area (Å²) in [6.45, 7) is 2.45. The van der Waals surface area contributed by atoms with E-state index in [1.807, 2.05) is 25.1 Å². The van der Waals surface area contributed by atoms with Gasteiger partial charge in [-0.15, -0.1) is 0 Å². The number of benzene rings is 1. The summed E-state index contributed by atoms with van der Waals surface area (Å²) in [7, 11) is 5.89. The first-order chi connectivity index (χ1) is 12.2. The van der Waals surface area contributed by atoms with Crippen LogP contribution in [0.2, 0.25) is 0 Å². The first-order valence-corrected chi connectivity index (χ1v) is 7.93. The van der Waals surface area contributed by atoms with Crippen molar-refractivity contribution < 1.29 is 0 Å². The zero-order chi connectivity index (χ0) is 17.2. The Morgan fingerprint density at radius 2 is 1.92 bits per heavy atom. The van der Waals surface area contributed by atoms with Gasteiger partial charge < -0.3 is 5.32 Å². The van der Waals surface area contributed by atoms with Gasteiger partial charge in [0, 0.05) is 24.5 Å². The van der Waals surface area contributed by atoms with Crippen molar-refractivity contribution in [3.05, 3.63) is 66.2 Å². The van der Waals surface area contributed by atoms with Crippen molar-refractivity contribution in [2.45, 2.75) is 13.5 Å². The van der Waals surface area contributed by atoms with E-state index in [-0.39, 0.29) is 0 Å². The Balaban J connectivity index is 1.54. The van der Waals surface area contributed by atoms with E-state index < -0.39 is 0 Å². The minimum absolute atomic E-state index is 0.535. The smallest absolute Gasteiger partial charge is 0.227 e. The van der Waals surface area contributed by atoms with Crippen LogP contribution in [0.4, 0.5) is 5.95 Å². The lowest BCUT2D eigenvalue weighted by Crippen LogP contribution is -2.12. The van der Waals surface area contributed by atoms with Crippen LogP contribution in [0.25, 0.3) is 16.9 Å². The molecule has 0 bridgehead atoms. The number of nitrogens with one attached hydrogen (secondary N) is 1. The molecule has 0 fully saturated rings. The molecule has 0 saturated heterocycles. The molecule has 4 rings (SSSR count). The second kappa shape index (κ2) is 6.35. The molecule has 3 aromatic heterocycles. The molecule has 0 amide bonds. The average Bonchev–Trinajstić information content (AvgIpc) is 3.02. The van der Waals surface area contributed by atoms with Crippen LogP contribution in [0, 0.1) is 6.92 Å². The summed E-state index contributed by atoms with van der Waals surface area (Å²) in [5.74, 6) is 1.26. The van der Waals surface area contributed by atoms with Gasteiger partial charge in [-0.2, -0.15) is 14.6 Å². The van der Waals surface area contributed by atoms with E-state index in [0.717, 1.165) is 16.8 Å². The first-order valence-electron chi connectivity index (χ1n) is 7.93. The van der Waals surface area contributed by atoms with Crippen molar-refractivity contribution in [2.75, 3.05) is 5.32 Å². The summed E-state index contributed by atoms with van der Waals surface area (Å²) in [4.78, 5) is 13.1. The lowest BCUT2D eigenvalue weighted by atomic mass is 10.0. The number of nitrogens with zero attached hydrogens (tertiary/aromatic N) is 5. The third-order valence-electron chi connectivity index (χ3n) is 3.87. The van der Waals surface area contributed by atoms with Crippen LogP contribution >= 0.6 is 0 Å². The molecule has 7 heteroatoms. The topological polar surface area (TPSA) is 68.0 Å². The van der Waals surface area contributed by atoms with E-state index in [9.17, 15) is 0 Å². The monoisotopic (exact) mass is 326 g/mol. The lowest BCUT2D eigenvalue weighted by molar-refractivity contribution is 0.862. The van der Waals surface area contributed by atoms with Gasteiger partial charge in [0.05, 0.1) is 5.69 Å². The predicted molar refractivity (Wildman–Crippen MR) is 97.9 cm³/mol. The molecule has 0 atom stereocenters. The maximum atomic E-state index is 5.89. The first kappa shape index (κ1) is 15.3. The van der Waals surface area contributed by atoms with Crippen molar-refractivity contribution >= 4 is 24.9 Å². The van der Waals surface area contributed by atoms with Crippen LogP contribution in [-0.4, -0.2) is 32.4 Å². The molecule has 0 aliphatic carbocycles. The van der Waals surface area contributed by atoms with Crippen molar-refractivity contribution in [3.8, 4) is 11.3 Å². The summed E-state index contributed by atoms with van der Waals surface area (Å²) < 4.78 is 1.62. The fraction of sp³-hybridized carbons (Fsp3) is 0.111. The van der Waals surface area contributed by atoms with E-state index in [4.69, 9.17) is 7.85 Å². The molecule has 6 nitrogen and oxygen atoms in total. The van der Waals surface area contributed by atoms with E-state index in [0.29, 0.717) is 29.4 Å². The summed E-state index contributed by atoms with van der Waals surface area (Å²) in [5, 5.41) is 7.52. The maximum absolute atomic E-state index is 5.89. The van der Waals surface area contributed by atoms with Crippen LogP contribution in [-0.2, 0) is 6.54 Å². The molecule has 0 aliphatic rings. The Labute approximate surface area is 146 Å². The second-order valence-electron chi connectivity index (χ2n) is 5.70. The predicted octanol–water partition coefficient (Wildman–Crippen LogP) is 1.90. The summed E-state index contributed by atoms with van der Waals surface area (Å²) >= 11 is 0. The summed E-state index contributed by atoms with van der Waals surface area (Å²) in [6.07, 6.45) is 3.37. The Bertz CT molecular complexity index is 1010. The maximum Gasteiger partial charge on any atom is 0.227 e. The standard InChI is InChI=1S/C18H15BN6/c1-12-23-17-15(19)11-22-25(17)18(24-12)21-10-13-5-7-14(8-6-13)16-4-2-3-9-20-16/h2-9,11H,10H2,1H3,(H,21,23,24). The fourth-order valence-electron chi connectivity index (χ4n) is 2.62. The molecule has 1 N–H and O–H groups in total. The van der Waals surface area contributed by atoms with Gasteiger partial charge in [-0.25, -0.2) is 4.98 Å². The van der Waals surface area contributed by atoms with Crippen LogP contribution in [0.3, 0.4) is 0 Å². The molecule has 25 heavy (non-hydrogen) atoms. The van der Waals surface area contributed by atoms with E-state index in [2.05, 4.69) is 49.6 Å². The van der Waals surface area contributed by atoms with Crippen molar-refractivity contribution in [1.82, 2.24) is 24.6 Å². The lowest BCUT2D eigenvalue weighted by Gasteiger charge is -2.09.